The van der Waals surface area contributed by atoms with E-state index in [1.165, 1.54) is 28.1 Å². The van der Waals surface area contributed by atoms with Crippen LogP contribution in [0.25, 0.3) is 0 Å². The number of aryl methyl sites for hydroxylation is 2. The Labute approximate surface area is 202 Å². The van der Waals surface area contributed by atoms with Crippen molar-refractivity contribution in [1.82, 2.24) is 0 Å². The van der Waals surface area contributed by atoms with Crippen LogP contribution in [0, 0.1) is 21.0 Å². The summed E-state index contributed by atoms with van der Waals surface area (Å²) in [7, 11) is -0.802. The van der Waals surface area contributed by atoms with Crippen LogP contribution in [0.3, 0.4) is 0 Å². The first-order valence-corrected chi connectivity index (χ1v) is 16.5. The van der Waals surface area contributed by atoms with Gasteiger partial charge in [-0.3, -0.25) is 0 Å². The van der Waals surface area contributed by atoms with Gasteiger partial charge in [-0.15, -0.1) is 0 Å². The molecule has 0 radical (unpaired) electrons. The molecule has 2 aromatic rings. The van der Waals surface area contributed by atoms with Crippen molar-refractivity contribution in [2.45, 2.75) is 30.1 Å². The number of halogens is 2. The van der Waals surface area contributed by atoms with Crippen molar-refractivity contribution >= 4 is 66.1 Å². The van der Waals surface area contributed by atoms with Crippen LogP contribution in [0.2, 0.25) is 0 Å². The van der Waals surface area contributed by atoms with Crippen molar-refractivity contribution in [2.75, 3.05) is 44.5 Å². The molecule has 0 aliphatic carbocycles. The topological polar surface area (TPSA) is 18.5 Å². The predicted octanol–water partition coefficient (Wildman–Crippen LogP) is 7.03. The second-order valence-electron chi connectivity index (χ2n) is 7.91. The Balaban J connectivity index is 1.92. The lowest BCUT2D eigenvalue weighted by molar-refractivity contribution is 0.244. The van der Waals surface area contributed by atoms with Gasteiger partial charge in [0, 0.05) is 6.42 Å². The third-order valence-electron chi connectivity index (χ3n) is 4.42. The summed E-state index contributed by atoms with van der Waals surface area (Å²) in [4.78, 5) is 2.86. The third-order valence-corrected chi connectivity index (χ3v) is 8.97. The first-order valence-electron chi connectivity index (χ1n) is 9.22. The van der Waals surface area contributed by atoms with Crippen molar-refractivity contribution in [1.29, 1.82) is 0 Å². The first kappa shape index (κ1) is 24.5. The Bertz CT molecular complexity index is 784. The maximum Gasteiger partial charge on any atom is 0.135 e. The van der Waals surface area contributed by atoms with Crippen LogP contribution in [0.15, 0.2) is 34.1 Å². The smallest absolute Gasteiger partial charge is 0.135 e. The minimum absolute atomic E-state index is 0.0806. The fraction of sp³-hybridized carbons (Fsp3) is 0.455. The van der Waals surface area contributed by atoms with E-state index in [-0.39, 0.29) is 10.9 Å². The summed E-state index contributed by atoms with van der Waals surface area (Å²) in [5.41, 5.74) is 2.45. The molecular formula is C22H32I2O2S2. The zero-order valence-corrected chi connectivity index (χ0v) is 23.9. The van der Waals surface area contributed by atoms with Gasteiger partial charge in [0.05, 0.1) is 20.4 Å². The zero-order valence-electron chi connectivity index (χ0n) is 17.9. The van der Waals surface area contributed by atoms with Gasteiger partial charge in [-0.1, -0.05) is 0 Å². The van der Waals surface area contributed by atoms with E-state index in [2.05, 4.69) is 115 Å². The largest absolute Gasteiger partial charge is 0.492 e. The molecule has 0 fully saturated rings. The van der Waals surface area contributed by atoms with Crippen LogP contribution in [0.1, 0.15) is 17.5 Å². The second-order valence-corrected chi connectivity index (χ2v) is 16.7. The Hall–Kier alpha value is 0.200. The van der Waals surface area contributed by atoms with Gasteiger partial charge in [0.25, 0.3) is 0 Å². The van der Waals surface area contributed by atoms with Gasteiger partial charge in [-0.2, -0.15) is 0 Å². The summed E-state index contributed by atoms with van der Waals surface area (Å²) < 4.78 is 14.6. The minimum atomic E-state index is -0.721. The molecule has 28 heavy (non-hydrogen) atoms. The van der Waals surface area contributed by atoms with Gasteiger partial charge < -0.3 is 9.47 Å². The molecule has 0 unspecified atom stereocenters. The number of benzene rings is 2. The molecular weight excluding hydrogens is 614 g/mol. The average Bonchev–Trinajstić information content (AvgIpc) is 2.57. The summed E-state index contributed by atoms with van der Waals surface area (Å²) in [6.45, 7) is 5.62. The molecule has 0 aliphatic heterocycles. The molecule has 6 heteroatoms. The Morgan fingerprint density at radius 3 is 1.75 bits per heavy atom. The molecule has 2 rings (SSSR count). The summed E-state index contributed by atoms with van der Waals surface area (Å²) in [6, 6.07) is 9.09. The highest BCUT2D eigenvalue weighted by Crippen LogP contribution is 2.47. The fourth-order valence-corrected chi connectivity index (χ4v) is 6.93. The molecule has 0 aromatic heterocycles. The van der Waals surface area contributed by atoms with Gasteiger partial charge in [-0.05, 0) is 135 Å². The summed E-state index contributed by atoms with van der Waals surface area (Å²) in [6.07, 6.45) is 12.4. The van der Waals surface area contributed by atoms with E-state index in [1.54, 1.807) is 0 Å². The van der Waals surface area contributed by atoms with Crippen molar-refractivity contribution in [3.63, 3.8) is 0 Å². The normalized spacial score (nSPS) is 12.7. The van der Waals surface area contributed by atoms with E-state index < -0.39 is 10.0 Å². The SMILES string of the molecule is Cc1cc([SH](C)C)cc(I)c1OCCCOc1c(C)cc(S(C)(C)C)cc1I. The van der Waals surface area contributed by atoms with Gasteiger partial charge in [0.2, 0.25) is 0 Å². The lowest BCUT2D eigenvalue weighted by Gasteiger charge is -2.27. The molecule has 0 spiro atoms. The number of hydrogen-bond acceptors (Lipinski definition) is 2. The monoisotopic (exact) mass is 646 g/mol. The van der Waals surface area contributed by atoms with Crippen LogP contribution < -0.4 is 9.47 Å². The van der Waals surface area contributed by atoms with Gasteiger partial charge >= 0.3 is 0 Å². The third kappa shape index (κ3) is 6.60. The number of thiol groups is 1. The average molecular weight is 646 g/mol. The molecule has 0 saturated carbocycles. The zero-order chi connectivity index (χ0) is 21.1. The van der Waals surface area contributed by atoms with Crippen molar-refractivity contribution in [3.05, 3.63) is 42.5 Å². The van der Waals surface area contributed by atoms with Crippen molar-refractivity contribution in [2.24, 2.45) is 0 Å². The highest BCUT2D eigenvalue weighted by Gasteiger charge is 2.14. The Morgan fingerprint density at radius 2 is 1.32 bits per heavy atom. The highest BCUT2D eigenvalue weighted by molar-refractivity contribution is 14.1. The molecule has 0 N–H and O–H groups in total. The minimum Gasteiger partial charge on any atom is -0.492 e. The molecule has 2 aromatic carbocycles. The van der Waals surface area contributed by atoms with Gasteiger partial charge in [-0.25, -0.2) is 20.9 Å². The molecule has 158 valence electrons. The molecule has 0 bridgehead atoms. The van der Waals surface area contributed by atoms with Gasteiger partial charge in [0.1, 0.15) is 11.5 Å². The summed E-state index contributed by atoms with van der Waals surface area (Å²) in [5.74, 6) is 2.03. The summed E-state index contributed by atoms with van der Waals surface area (Å²) in [5, 5.41) is 0. The predicted molar refractivity (Wildman–Crippen MR) is 146 cm³/mol. The molecule has 0 amide bonds. The Kier molecular flexibility index (Phi) is 9.16. The highest BCUT2D eigenvalue weighted by atomic mass is 127. The maximum absolute atomic E-state index is 6.11. The van der Waals surface area contributed by atoms with E-state index in [0.29, 0.717) is 13.2 Å². The van der Waals surface area contributed by atoms with Crippen LogP contribution in [-0.4, -0.2) is 44.5 Å². The van der Waals surface area contributed by atoms with Crippen LogP contribution in [0.5, 0.6) is 11.5 Å². The molecule has 0 heterocycles. The van der Waals surface area contributed by atoms with Crippen LogP contribution in [0.4, 0.5) is 0 Å². The molecule has 0 saturated heterocycles. The van der Waals surface area contributed by atoms with Crippen molar-refractivity contribution < 1.29 is 9.47 Å². The molecule has 0 atom stereocenters. The number of rotatable bonds is 8. The quantitative estimate of drug-likeness (QED) is 0.189. The van der Waals surface area contributed by atoms with Crippen molar-refractivity contribution in [3.8, 4) is 11.5 Å². The first-order chi connectivity index (χ1) is 13.0. The van der Waals surface area contributed by atoms with Gasteiger partial charge in [0.15, 0.2) is 0 Å². The molecule has 2 nitrogen and oxygen atoms in total. The van der Waals surface area contributed by atoms with E-state index in [4.69, 9.17) is 9.47 Å². The van der Waals surface area contributed by atoms with Crippen LogP contribution in [-0.2, 0) is 0 Å². The fourth-order valence-electron chi connectivity index (χ4n) is 2.80. The number of ether oxygens (including phenoxy) is 2. The van der Waals surface area contributed by atoms with E-state index in [9.17, 15) is 0 Å². The lowest BCUT2D eigenvalue weighted by atomic mass is 10.2. The maximum atomic E-state index is 6.11. The summed E-state index contributed by atoms with van der Waals surface area (Å²) >= 11 is 4.78. The van der Waals surface area contributed by atoms with Crippen LogP contribution >= 0.6 is 66.1 Å². The molecule has 0 aliphatic rings. The second kappa shape index (κ2) is 10.5. The lowest BCUT2D eigenvalue weighted by Crippen LogP contribution is -2.08. The Morgan fingerprint density at radius 1 is 0.821 bits per heavy atom. The van der Waals surface area contributed by atoms with E-state index in [0.717, 1.165) is 17.9 Å². The van der Waals surface area contributed by atoms with E-state index >= 15 is 0 Å². The number of hydrogen-bond donors (Lipinski definition) is 1. The van der Waals surface area contributed by atoms with E-state index in [1.807, 2.05) is 0 Å². The standard InChI is InChI=1S/C22H32I2O2S2/c1-15-11-17(27(3)4)13-19(23)21(15)25-9-8-10-26-22-16(2)12-18(14-20(22)24)28(5,6)7/h11-14,27H,8-10H2,1-7H3.